The van der Waals surface area contributed by atoms with Crippen LogP contribution in [0.4, 0.5) is 5.69 Å². The number of carbonyl (C=O) groups excluding carboxylic acids is 1. The van der Waals surface area contributed by atoms with Crippen LogP contribution in [0.15, 0.2) is 40.8 Å². The molecule has 3 saturated heterocycles. The molecule has 4 heterocycles. The molecule has 0 radical (unpaired) electrons. The van der Waals surface area contributed by atoms with Gasteiger partial charge in [-0.15, -0.1) is 0 Å². The number of fused-ring (bicyclic) bond motifs is 4. The van der Waals surface area contributed by atoms with Crippen molar-refractivity contribution in [2.45, 2.75) is 18.9 Å². The molecular weight excluding hydrogens is 400 g/mol. The van der Waals surface area contributed by atoms with Crippen molar-refractivity contribution >= 4 is 34.3 Å². The summed E-state index contributed by atoms with van der Waals surface area (Å²) in [6.45, 7) is 3.19. The molecule has 156 valence electrons. The van der Waals surface area contributed by atoms with Gasteiger partial charge < -0.3 is 19.5 Å². The normalized spacial score (nSPS) is 23.0. The van der Waals surface area contributed by atoms with Crippen LogP contribution in [-0.2, 0) is 0 Å². The summed E-state index contributed by atoms with van der Waals surface area (Å²) in [4.78, 5) is 22.3. The topological polar surface area (TPSA) is 61.6 Å². The first-order valence-corrected chi connectivity index (χ1v) is 10.8. The fourth-order valence-corrected chi connectivity index (χ4v) is 4.91. The van der Waals surface area contributed by atoms with Crippen LogP contribution in [0.2, 0.25) is 5.02 Å². The fourth-order valence-electron chi connectivity index (χ4n) is 4.70. The minimum absolute atomic E-state index is 0.137. The lowest BCUT2D eigenvalue weighted by Crippen LogP contribution is -2.57. The molecule has 7 heteroatoms. The van der Waals surface area contributed by atoms with Crippen molar-refractivity contribution in [3.05, 3.63) is 47.0 Å². The van der Waals surface area contributed by atoms with Crippen LogP contribution in [0.5, 0.6) is 0 Å². The minimum Gasteiger partial charge on any atom is -0.436 e. The molecule has 1 unspecified atom stereocenters. The van der Waals surface area contributed by atoms with Gasteiger partial charge in [-0.05, 0) is 50.0 Å². The average molecular weight is 425 g/mol. The Morgan fingerprint density at radius 2 is 2.00 bits per heavy atom. The highest BCUT2D eigenvalue weighted by atomic mass is 35.5. The molecule has 3 fully saturated rings. The van der Waals surface area contributed by atoms with Crippen molar-refractivity contribution in [1.29, 1.82) is 0 Å². The van der Waals surface area contributed by atoms with Gasteiger partial charge in [0.15, 0.2) is 5.58 Å². The first kappa shape index (κ1) is 19.4. The van der Waals surface area contributed by atoms with Crippen molar-refractivity contribution in [1.82, 2.24) is 15.2 Å². The molecule has 6 rings (SSSR count). The summed E-state index contributed by atoms with van der Waals surface area (Å²) in [5.74, 6) is 0.893. The summed E-state index contributed by atoms with van der Waals surface area (Å²) in [6, 6.07) is 11.5. The SMILES string of the molecule is CN(C)c1ccccc1-c1nc2c(C(=O)NC3CN4CCC3CC4)cc(Cl)cc2o1. The highest BCUT2D eigenvalue weighted by Gasteiger charge is 2.35. The zero-order valence-electron chi connectivity index (χ0n) is 17.2. The van der Waals surface area contributed by atoms with Crippen LogP contribution in [0.3, 0.4) is 0 Å². The van der Waals surface area contributed by atoms with Gasteiger partial charge in [0.05, 0.1) is 11.1 Å². The first-order chi connectivity index (χ1) is 14.5. The van der Waals surface area contributed by atoms with Gasteiger partial charge in [-0.2, -0.15) is 0 Å². The van der Waals surface area contributed by atoms with Gasteiger partial charge >= 0.3 is 0 Å². The molecule has 1 aromatic heterocycles. The Kier molecular flexibility index (Phi) is 4.91. The number of para-hydroxylation sites is 1. The van der Waals surface area contributed by atoms with E-state index < -0.39 is 0 Å². The number of rotatable bonds is 4. The number of halogens is 1. The van der Waals surface area contributed by atoms with Crippen molar-refractivity contribution in [2.75, 3.05) is 38.6 Å². The number of anilines is 1. The van der Waals surface area contributed by atoms with E-state index in [1.54, 1.807) is 12.1 Å². The van der Waals surface area contributed by atoms with E-state index >= 15 is 0 Å². The van der Waals surface area contributed by atoms with Crippen LogP contribution in [0.25, 0.3) is 22.6 Å². The number of benzene rings is 2. The Hall–Kier alpha value is -2.57. The lowest BCUT2D eigenvalue weighted by Gasteiger charge is -2.44. The molecule has 2 bridgehead atoms. The Morgan fingerprint density at radius 1 is 1.23 bits per heavy atom. The minimum atomic E-state index is -0.137. The van der Waals surface area contributed by atoms with Crippen molar-refractivity contribution in [3.63, 3.8) is 0 Å². The van der Waals surface area contributed by atoms with Gasteiger partial charge in [0.25, 0.3) is 5.91 Å². The van der Waals surface area contributed by atoms with Gasteiger partial charge in [-0.1, -0.05) is 23.7 Å². The lowest BCUT2D eigenvalue weighted by atomic mass is 9.84. The Bertz CT molecular complexity index is 1100. The van der Waals surface area contributed by atoms with Crippen molar-refractivity contribution in [2.24, 2.45) is 5.92 Å². The molecule has 30 heavy (non-hydrogen) atoms. The van der Waals surface area contributed by atoms with Crippen molar-refractivity contribution < 1.29 is 9.21 Å². The number of nitrogens with zero attached hydrogens (tertiary/aromatic N) is 3. The van der Waals surface area contributed by atoms with E-state index in [-0.39, 0.29) is 11.9 Å². The monoisotopic (exact) mass is 424 g/mol. The van der Waals surface area contributed by atoms with Crippen molar-refractivity contribution in [3.8, 4) is 11.5 Å². The zero-order chi connectivity index (χ0) is 20.8. The molecule has 3 aliphatic heterocycles. The van der Waals surface area contributed by atoms with E-state index in [4.69, 9.17) is 21.0 Å². The molecule has 0 aliphatic carbocycles. The second-order valence-corrected chi connectivity index (χ2v) is 8.89. The maximum Gasteiger partial charge on any atom is 0.253 e. The molecule has 3 aromatic rings. The molecule has 3 aliphatic rings. The van der Waals surface area contributed by atoms with Crippen LogP contribution >= 0.6 is 11.6 Å². The summed E-state index contributed by atoms with van der Waals surface area (Å²) in [7, 11) is 3.95. The average Bonchev–Trinajstić information content (AvgIpc) is 3.17. The molecule has 0 spiro atoms. The molecule has 1 atom stereocenters. The second-order valence-electron chi connectivity index (χ2n) is 8.45. The maximum atomic E-state index is 13.2. The number of piperidine rings is 3. The van der Waals surface area contributed by atoms with Crippen LogP contribution in [0.1, 0.15) is 23.2 Å². The fraction of sp³-hybridized carbons (Fsp3) is 0.391. The number of aromatic nitrogens is 1. The largest absolute Gasteiger partial charge is 0.436 e. The molecule has 0 saturated carbocycles. The molecule has 6 nitrogen and oxygen atoms in total. The van der Waals surface area contributed by atoms with Gasteiger partial charge in [0.1, 0.15) is 5.52 Å². The van der Waals surface area contributed by atoms with E-state index in [1.807, 2.05) is 43.3 Å². The number of oxazole rings is 1. The summed E-state index contributed by atoms with van der Waals surface area (Å²) in [6.07, 6.45) is 2.29. The Balaban J connectivity index is 1.51. The quantitative estimate of drug-likeness (QED) is 0.684. The lowest BCUT2D eigenvalue weighted by molar-refractivity contribution is 0.0621. The number of carbonyl (C=O) groups is 1. The highest BCUT2D eigenvalue weighted by Crippen LogP contribution is 2.34. The zero-order valence-corrected chi connectivity index (χ0v) is 17.9. The van der Waals surface area contributed by atoms with E-state index in [2.05, 4.69) is 10.2 Å². The molecule has 1 amide bonds. The van der Waals surface area contributed by atoms with Gasteiger partial charge in [-0.3, -0.25) is 4.79 Å². The Morgan fingerprint density at radius 3 is 2.70 bits per heavy atom. The summed E-state index contributed by atoms with van der Waals surface area (Å²) in [5.41, 5.74) is 3.39. The maximum absolute atomic E-state index is 13.2. The number of nitrogens with one attached hydrogen (secondary N) is 1. The third-order valence-electron chi connectivity index (χ3n) is 6.29. The smallest absolute Gasteiger partial charge is 0.253 e. The number of hydrogen-bond donors (Lipinski definition) is 1. The van der Waals surface area contributed by atoms with E-state index in [0.717, 1.165) is 43.7 Å². The van der Waals surface area contributed by atoms with Gasteiger partial charge in [0, 0.05) is 43.5 Å². The summed E-state index contributed by atoms with van der Waals surface area (Å²) >= 11 is 6.33. The summed E-state index contributed by atoms with van der Waals surface area (Å²) < 4.78 is 6.05. The van der Waals surface area contributed by atoms with Crippen LogP contribution < -0.4 is 10.2 Å². The third kappa shape index (κ3) is 3.44. The number of hydrogen-bond acceptors (Lipinski definition) is 5. The Labute approximate surface area is 180 Å². The van der Waals surface area contributed by atoms with E-state index in [9.17, 15) is 4.79 Å². The highest BCUT2D eigenvalue weighted by molar-refractivity contribution is 6.32. The first-order valence-electron chi connectivity index (χ1n) is 10.4. The van der Waals surface area contributed by atoms with E-state index in [1.165, 1.54) is 0 Å². The van der Waals surface area contributed by atoms with Gasteiger partial charge in [-0.25, -0.2) is 4.98 Å². The van der Waals surface area contributed by atoms with Gasteiger partial charge in [0.2, 0.25) is 5.89 Å². The summed E-state index contributed by atoms with van der Waals surface area (Å²) in [5, 5.41) is 3.70. The predicted octanol–water partition coefficient (Wildman–Crippen LogP) is 4.04. The molecule has 2 aromatic carbocycles. The molecular formula is C23H25ClN4O2. The third-order valence-corrected chi connectivity index (χ3v) is 6.51. The molecule has 1 N–H and O–H groups in total. The van der Waals surface area contributed by atoms with Crippen LogP contribution in [0, 0.1) is 5.92 Å². The predicted molar refractivity (Wildman–Crippen MR) is 119 cm³/mol. The van der Waals surface area contributed by atoms with E-state index in [0.29, 0.717) is 33.5 Å². The van der Waals surface area contributed by atoms with Crippen LogP contribution in [-0.4, -0.2) is 55.6 Å². The standard InChI is InChI=1S/C23H25ClN4O2/c1-27(2)19-6-4-3-5-16(19)23-26-21-17(11-15(24)12-20(21)30-23)22(29)25-18-13-28-9-7-14(18)8-10-28/h3-6,11-12,14,18H,7-10,13H2,1-2H3,(H,25,29). The number of amides is 1. The second kappa shape index (κ2) is 7.60.